The van der Waals surface area contributed by atoms with Crippen molar-refractivity contribution < 1.29 is 17.9 Å². The fraction of sp³-hybridized carbons (Fsp3) is 0.250. The zero-order valence-electron chi connectivity index (χ0n) is 18.8. The lowest BCUT2D eigenvalue weighted by Crippen LogP contribution is -2.14. The summed E-state index contributed by atoms with van der Waals surface area (Å²) >= 11 is 0. The van der Waals surface area contributed by atoms with Crippen LogP contribution in [0.2, 0.25) is 0 Å². The molecule has 0 spiro atoms. The molecule has 0 aliphatic rings. The number of methoxy groups -OCH3 is 1. The number of sulfonamides is 1. The SMILES string of the molecule is CCCCc1cc(-c2ccc[nH]c2=O)cc(-c2cc(NS(C)(=O)=O)ccc2C(N)=O)c1OC. The van der Waals surface area contributed by atoms with Gasteiger partial charge < -0.3 is 15.5 Å². The first kappa shape index (κ1) is 24.1. The van der Waals surface area contributed by atoms with Crippen molar-refractivity contribution in [3.8, 4) is 28.0 Å². The molecule has 3 rings (SSSR count). The van der Waals surface area contributed by atoms with Crippen LogP contribution in [0.5, 0.6) is 5.75 Å². The highest BCUT2D eigenvalue weighted by Crippen LogP contribution is 2.40. The highest BCUT2D eigenvalue weighted by Gasteiger charge is 2.20. The van der Waals surface area contributed by atoms with Gasteiger partial charge in [0, 0.05) is 34.1 Å². The molecule has 8 nitrogen and oxygen atoms in total. The molecule has 174 valence electrons. The van der Waals surface area contributed by atoms with E-state index in [1.54, 1.807) is 30.5 Å². The minimum Gasteiger partial charge on any atom is -0.496 e. The number of pyridine rings is 1. The van der Waals surface area contributed by atoms with Gasteiger partial charge in [0.25, 0.3) is 5.56 Å². The van der Waals surface area contributed by atoms with Crippen molar-refractivity contribution in [2.45, 2.75) is 26.2 Å². The van der Waals surface area contributed by atoms with Crippen LogP contribution < -0.4 is 20.8 Å². The van der Waals surface area contributed by atoms with Crippen molar-refractivity contribution in [3.05, 3.63) is 70.1 Å². The molecule has 0 unspecified atom stereocenters. The van der Waals surface area contributed by atoms with Gasteiger partial charge in [0.05, 0.1) is 13.4 Å². The molecule has 1 amide bonds. The Hall–Kier alpha value is -3.59. The Bertz CT molecular complexity index is 1350. The fourth-order valence-corrected chi connectivity index (χ4v) is 4.30. The lowest BCUT2D eigenvalue weighted by atomic mass is 9.90. The second-order valence-corrected chi connectivity index (χ2v) is 9.48. The normalized spacial score (nSPS) is 11.2. The molecule has 0 saturated heterocycles. The summed E-state index contributed by atoms with van der Waals surface area (Å²) in [6, 6.07) is 11.6. The van der Waals surface area contributed by atoms with Crippen LogP contribution in [0.3, 0.4) is 0 Å². The summed E-state index contributed by atoms with van der Waals surface area (Å²) in [6.07, 6.45) is 5.14. The van der Waals surface area contributed by atoms with Crippen molar-refractivity contribution in [1.29, 1.82) is 0 Å². The molecule has 3 aromatic rings. The molecule has 1 aromatic heterocycles. The summed E-state index contributed by atoms with van der Waals surface area (Å²) < 4.78 is 31.7. The molecule has 0 atom stereocenters. The topological polar surface area (TPSA) is 131 Å². The van der Waals surface area contributed by atoms with Gasteiger partial charge in [0.15, 0.2) is 0 Å². The van der Waals surface area contributed by atoms with E-state index in [1.165, 1.54) is 19.2 Å². The number of hydrogen-bond acceptors (Lipinski definition) is 5. The number of nitrogens with two attached hydrogens (primary N) is 1. The fourth-order valence-electron chi connectivity index (χ4n) is 3.75. The molecule has 33 heavy (non-hydrogen) atoms. The van der Waals surface area contributed by atoms with E-state index in [0.717, 1.165) is 24.7 Å². The van der Waals surface area contributed by atoms with Crippen LogP contribution in [-0.2, 0) is 16.4 Å². The minimum atomic E-state index is -3.54. The number of amides is 1. The molecule has 1 heterocycles. The molecular formula is C24H27N3O5S. The Morgan fingerprint density at radius 1 is 1.12 bits per heavy atom. The van der Waals surface area contributed by atoms with Gasteiger partial charge in [0.2, 0.25) is 15.9 Å². The average Bonchev–Trinajstić information content (AvgIpc) is 2.76. The molecule has 0 saturated carbocycles. The van der Waals surface area contributed by atoms with Crippen LogP contribution in [-0.4, -0.2) is 32.7 Å². The quantitative estimate of drug-likeness (QED) is 0.441. The van der Waals surface area contributed by atoms with Crippen molar-refractivity contribution >= 4 is 21.6 Å². The van der Waals surface area contributed by atoms with Gasteiger partial charge in [-0.1, -0.05) is 13.3 Å². The number of H-pyrrole nitrogens is 1. The maximum Gasteiger partial charge on any atom is 0.255 e. The third-order valence-electron chi connectivity index (χ3n) is 5.18. The Morgan fingerprint density at radius 3 is 2.48 bits per heavy atom. The number of rotatable bonds is 9. The number of aryl methyl sites for hydroxylation is 1. The standard InChI is InChI=1S/C24H27N3O5S/c1-4-5-7-15-12-16(18-8-6-11-26-24(18)29)13-21(22(15)32-2)20-14-17(27-33(3,30)31)9-10-19(20)23(25)28/h6,8-14,27H,4-5,7H2,1-3H3,(H2,25,28)(H,26,29). The summed E-state index contributed by atoms with van der Waals surface area (Å²) in [4.78, 5) is 27.4. The summed E-state index contributed by atoms with van der Waals surface area (Å²) in [6.45, 7) is 2.07. The van der Waals surface area contributed by atoms with Crippen molar-refractivity contribution in [3.63, 3.8) is 0 Å². The van der Waals surface area contributed by atoms with Crippen LogP contribution in [0.15, 0.2) is 53.5 Å². The van der Waals surface area contributed by atoms with Gasteiger partial charge in [-0.2, -0.15) is 0 Å². The lowest BCUT2D eigenvalue weighted by molar-refractivity contribution is 0.100. The molecule has 4 N–H and O–H groups in total. The minimum absolute atomic E-state index is 0.202. The van der Waals surface area contributed by atoms with E-state index < -0.39 is 15.9 Å². The molecule has 2 aromatic carbocycles. The van der Waals surface area contributed by atoms with E-state index in [1.807, 2.05) is 6.07 Å². The van der Waals surface area contributed by atoms with Crippen LogP contribution in [0.4, 0.5) is 5.69 Å². The number of benzene rings is 2. The number of unbranched alkanes of at least 4 members (excludes halogenated alkanes) is 1. The van der Waals surface area contributed by atoms with E-state index in [-0.39, 0.29) is 16.8 Å². The van der Waals surface area contributed by atoms with Gasteiger partial charge in [-0.25, -0.2) is 8.42 Å². The Morgan fingerprint density at radius 2 is 1.88 bits per heavy atom. The molecular weight excluding hydrogens is 442 g/mol. The number of ether oxygens (including phenoxy) is 1. The summed E-state index contributed by atoms with van der Waals surface area (Å²) in [5.41, 5.74) is 8.78. The van der Waals surface area contributed by atoms with E-state index in [9.17, 15) is 18.0 Å². The second kappa shape index (κ2) is 9.91. The van der Waals surface area contributed by atoms with Gasteiger partial charge in [-0.15, -0.1) is 0 Å². The zero-order valence-corrected chi connectivity index (χ0v) is 19.6. The number of carbonyl (C=O) groups is 1. The van der Waals surface area contributed by atoms with E-state index in [4.69, 9.17) is 10.5 Å². The van der Waals surface area contributed by atoms with Gasteiger partial charge >= 0.3 is 0 Å². The molecule has 9 heteroatoms. The van der Waals surface area contributed by atoms with Crippen molar-refractivity contribution in [2.75, 3.05) is 18.1 Å². The zero-order chi connectivity index (χ0) is 24.2. The summed E-state index contributed by atoms with van der Waals surface area (Å²) in [5.74, 6) is -0.130. The number of anilines is 1. The Balaban J connectivity index is 2.36. The monoisotopic (exact) mass is 469 g/mol. The van der Waals surface area contributed by atoms with Gasteiger partial charge in [0.1, 0.15) is 5.75 Å². The molecule has 0 aliphatic carbocycles. The second-order valence-electron chi connectivity index (χ2n) is 7.73. The summed E-state index contributed by atoms with van der Waals surface area (Å²) in [5, 5.41) is 0. The van der Waals surface area contributed by atoms with Crippen LogP contribution in [0, 0.1) is 0 Å². The Labute approximate surface area is 192 Å². The van der Waals surface area contributed by atoms with Crippen molar-refractivity contribution in [2.24, 2.45) is 5.73 Å². The van der Waals surface area contributed by atoms with Crippen LogP contribution >= 0.6 is 0 Å². The van der Waals surface area contributed by atoms with Crippen LogP contribution in [0.1, 0.15) is 35.7 Å². The molecule has 0 fully saturated rings. The number of carbonyl (C=O) groups excluding carboxylic acids is 1. The highest BCUT2D eigenvalue weighted by molar-refractivity contribution is 7.92. The third kappa shape index (κ3) is 5.61. The molecule has 0 radical (unpaired) electrons. The average molecular weight is 470 g/mol. The summed E-state index contributed by atoms with van der Waals surface area (Å²) in [7, 11) is -2.01. The highest BCUT2D eigenvalue weighted by atomic mass is 32.2. The van der Waals surface area contributed by atoms with E-state index >= 15 is 0 Å². The number of hydrogen-bond donors (Lipinski definition) is 3. The number of nitrogens with one attached hydrogen (secondary N) is 2. The first-order valence-corrected chi connectivity index (χ1v) is 12.3. The van der Waals surface area contributed by atoms with Crippen molar-refractivity contribution in [1.82, 2.24) is 4.98 Å². The molecule has 0 aliphatic heterocycles. The maximum atomic E-state index is 12.5. The van der Waals surface area contributed by atoms with Crippen LogP contribution in [0.25, 0.3) is 22.3 Å². The Kier molecular flexibility index (Phi) is 7.23. The number of aromatic nitrogens is 1. The largest absolute Gasteiger partial charge is 0.496 e. The maximum absolute atomic E-state index is 12.5. The lowest BCUT2D eigenvalue weighted by Gasteiger charge is -2.19. The van der Waals surface area contributed by atoms with Gasteiger partial charge in [-0.3, -0.25) is 14.3 Å². The smallest absolute Gasteiger partial charge is 0.255 e. The third-order valence-corrected chi connectivity index (χ3v) is 5.78. The predicted molar refractivity (Wildman–Crippen MR) is 130 cm³/mol. The predicted octanol–water partition coefficient (Wildman–Crippen LogP) is 3.53. The van der Waals surface area contributed by atoms with E-state index in [2.05, 4.69) is 16.6 Å². The number of aromatic amines is 1. The van der Waals surface area contributed by atoms with Gasteiger partial charge in [-0.05, 0) is 66.4 Å². The first-order valence-electron chi connectivity index (χ1n) is 10.5. The van der Waals surface area contributed by atoms with E-state index in [0.29, 0.717) is 34.4 Å². The first-order chi connectivity index (χ1) is 15.6. The number of primary amides is 1. The molecule has 0 bridgehead atoms.